The average Bonchev–Trinajstić information content (AvgIpc) is 2.91. The van der Waals surface area contributed by atoms with Gasteiger partial charge in [0.1, 0.15) is 0 Å². The predicted molar refractivity (Wildman–Crippen MR) is 70.3 cm³/mol. The fourth-order valence-corrected chi connectivity index (χ4v) is 2.21. The van der Waals surface area contributed by atoms with Gasteiger partial charge in [0.2, 0.25) is 5.91 Å². The number of amides is 1. The van der Waals surface area contributed by atoms with Gasteiger partial charge in [-0.15, -0.1) is 0 Å². The molecule has 0 unspecified atom stereocenters. The van der Waals surface area contributed by atoms with Gasteiger partial charge in [0.05, 0.1) is 6.04 Å². The van der Waals surface area contributed by atoms with E-state index in [2.05, 4.69) is 24.4 Å². The Kier molecular flexibility index (Phi) is 3.79. The van der Waals surface area contributed by atoms with E-state index in [1.54, 1.807) is 4.90 Å². The molecule has 1 N–H and O–H groups in total. The molecule has 0 spiro atoms. The molecular weight excluding hydrogens is 212 g/mol. The molecule has 92 valence electrons. The number of anilines is 1. The van der Waals surface area contributed by atoms with Gasteiger partial charge < -0.3 is 10.2 Å². The first-order valence-electron chi connectivity index (χ1n) is 6.32. The molecule has 1 aliphatic rings. The third kappa shape index (κ3) is 2.67. The maximum Gasteiger partial charge on any atom is 0.243 e. The van der Waals surface area contributed by atoms with E-state index in [-0.39, 0.29) is 11.9 Å². The van der Waals surface area contributed by atoms with Crippen molar-refractivity contribution in [3.05, 3.63) is 29.8 Å². The first-order valence-corrected chi connectivity index (χ1v) is 6.32. The number of carbonyl (C=O) groups is 1. The molecular formula is C14H20N2O. The second kappa shape index (κ2) is 5.32. The summed E-state index contributed by atoms with van der Waals surface area (Å²) in [6.07, 6.45) is 3.08. The highest BCUT2D eigenvalue weighted by Gasteiger charge is 2.25. The van der Waals surface area contributed by atoms with Crippen molar-refractivity contribution in [1.82, 2.24) is 5.32 Å². The molecule has 1 heterocycles. The Balaban J connectivity index is 2.07. The minimum absolute atomic E-state index is 0.00542. The molecule has 0 aromatic heterocycles. The second-order valence-electron chi connectivity index (χ2n) is 4.57. The van der Waals surface area contributed by atoms with Gasteiger partial charge in [-0.3, -0.25) is 4.79 Å². The maximum atomic E-state index is 12.2. The Hall–Kier alpha value is -1.35. The predicted octanol–water partition coefficient (Wildman–Crippen LogP) is 1.96. The molecule has 1 amide bonds. The van der Waals surface area contributed by atoms with Crippen molar-refractivity contribution in [3.8, 4) is 0 Å². The Bertz CT molecular complexity index is 380. The van der Waals surface area contributed by atoms with Gasteiger partial charge in [-0.2, -0.15) is 0 Å². The van der Waals surface area contributed by atoms with Crippen molar-refractivity contribution in [3.63, 3.8) is 0 Å². The van der Waals surface area contributed by atoms with E-state index >= 15 is 0 Å². The van der Waals surface area contributed by atoms with Crippen LogP contribution < -0.4 is 10.2 Å². The van der Waals surface area contributed by atoms with Crippen LogP contribution in [0.2, 0.25) is 0 Å². The molecule has 1 fully saturated rings. The van der Waals surface area contributed by atoms with Gasteiger partial charge in [0, 0.05) is 12.7 Å². The van der Waals surface area contributed by atoms with E-state index in [4.69, 9.17) is 0 Å². The van der Waals surface area contributed by atoms with Crippen LogP contribution in [0.5, 0.6) is 0 Å². The molecule has 3 nitrogen and oxygen atoms in total. The number of nitrogens with one attached hydrogen (secondary N) is 1. The second-order valence-corrected chi connectivity index (χ2v) is 4.57. The SMILES string of the molecule is CCc1ccc(N(C)C(=O)[C@H]2CCCN2)cc1. The Morgan fingerprint density at radius 1 is 1.41 bits per heavy atom. The van der Waals surface area contributed by atoms with Crippen LogP contribution in [0.4, 0.5) is 5.69 Å². The van der Waals surface area contributed by atoms with Crippen LogP contribution >= 0.6 is 0 Å². The largest absolute Gasteiger partial charge is 0.314 e. The van der Waals surface area contributed by atoms with Crippen molar-refractivity contribution in [1.29, 1.82) is 0 Å². The van der Waals surface area contributed by atoms with Gasteiger partial charge in [0.15, 0.2) is 0 Å². The number of nitrogens with zero attached hydrogens (tertiary/aromatic N) is 1. The Morgan fingerprint density at radius 3 is 2.65 bits per heavy atom. The van der Waals surface area contributed by atoms with Crippen LogP contribution in [-0.2, 0) is 11.2 Å². The van der Waals surface area contributed by atoms with Gasteiger partial charge in [-0.05, 0) is 43.5 Å². The number of hydrogen-bond acceptors (Lipinski definition) is 2. The highest BCUT2D eigenvalue weighted by molar-refractivity contribution is 5.96. The van der Waals surface area contributed by atoms with Crippen LogP contribution in [0, 0.1) is 0 Å². The average molecular weight is 232 g/mol. The van der Waals surface area contributed by atoms with Crippen molar-refractivity contribution in [2.75, 3.05) is 18.5 Å². The number of carbonyl (C=O) groups excluding carboxylic acids is 1. The lowest BCUT2D eigenvalue weighted by molar-refractivity contribution is -0.119. The molecule has 1 aromatic carbocycles. The van der Waals surface area contributed by atoms with E-state index in [1.165, 1.54) is 5.56 Å². The quantitative estimate of drug-likeness (QED) is 0.864. The lowest BCUT2D eigenvalue weighted by Gasteiger charge is -2.21. The highest BCUT2D eigenvalue weighted by atomic mass is 16.2. The summed E-state index contributed by atoms with van der Waals surface area (Å²) in [6, 6.07) is 8.21. The molecule has 1 aromatic rings. The molecule has 1 aliphatic heterocycles. The molecule has 1 saturated heterocycles. The number of hydrogen-bond donors (Lipinski definition) is 1. The van der Waals surface area contributed by atoms with Gasteiger partial charge in [-0.1, -0.05) is 19.1 Å². The maximum absolute atomic E-state index is 12.2. The van der Waals surface area contributed by atoms with Crippen molar-refractivity contribution < 1.29 is 4.79 Å². The van der Waals surface area contributed by atoms with E-state index in [0.29, 0.717) is 0 Å². The van der Waals surface area contributed by atoms with E-state index in [9.17, 15) is 4.79 Å². The smallest absolute Gasteiger partial charge is 0.243 e. The number of aryl methyl sites for hydroxylation is 1. The lowest BCUT2D eigenvalue weighted by Crippen LogP contribution is -2.41. The zero-order chi connectivity index (χ0) is 12.3. The van der Waals surface area contributed by atoms with Crippen molar-refractivity contribution in [2.24, 2.45) is 0 Å². The Morgan fingerprint density at radius 2 is 2.12 bits per heavy atom. The first-order chi connectivity index (χ1) is 8.22. The van der Waals surface area contributed by atoms with Crippen LogP contribution in [-0.4, -0.2) is 25.5 Å². The van der Waals surface area contributed by atoms with Gasteiger partial charge >= 0.3 is 0 Å². The van der Waals surface area contributed by atoms with Crippen molar-refractivity contribution in [2.45, 2.75) is 32.2 Å². The fraction of sp³-hybridized carbons (Fsp3) is 0.500. The Labute approximate surface area is 103 Å². The summed E-state index contributed by atoms with van der Waals surface area (Å²) in [5.41, 5.74) is 2.27. The molecule has 0 saturated carbocycles. The number of benzene rings is 1. The highest BCUT2D eigenvalue weighted by Crippen LogP contribution is 2.17. The monoisotopic (exact) mass is 232 g/mol. The van der Waals surface area contributed by atoms with Gasteiger partial charge in [-0.25, -0.2) is 0 Å². The van der Waals surface area contributed by atoms with E-state index in [1.807, 2.05) is 19.2 Å². The zero-order valence-corrected chi connectivity index (χ0v) is 10.6. The van der Waals surface area contributed by atoms with Crippen LogP contribution in [0.25, 0.3) is 0 Å². The van der Waals surface area contributed by atoms with E-state index in [0.717, 1.165) is 31.5 Å². The van der Waals surface area contributed by atoms with E-state index < -0.39 is 0 Å². The number of rotatable bonds is 3. The molecule has 0 aliphatic carbocycles. The summed E-state index contributed by atoms with van der Waals surface area (Å²) in [5.74, 6) is 0.173. The third-order valence-electron chi connectivity index (χ3n) is 3.42. The van der Waals surface area contributed by atoms with Crippen LogP contribution in [0.15, 0.2) is 24.3 Å². The van der Waals surface area contributed by atoms with Crippen molar-refractivity contribution >= 4 is 11.6 Å². The molecule has 0 bridgehead atoms. The van der Waals surface area contributed by atoms with Crippen LogP contribution in [0.3, 0.4) is 0 Å². The molecule has 2 rings (SSSR count). The molecule has 3 heteroatoms. The fourth-order valence-electron chi connectivity index (χ4n) is 2.21. The summed E-state index contributed by atoms with van der Waals surface area (Å²) in [6.45, 7) is 3.09. The normalized spacial score (nSPS) is 19.3. The first kappa shape index (κ1) is 12.1. The minimum atomic E-state index is 0.00542. The minimum Gasteiger partial charge on any atom is -0.314 e. The summed E-state index contributed by atoms with van der Waals surface area (Å²) in [5, 5.41) is 3.24. The summed E-state index contributed by atoms with van der Waals surface area (Å²) in [7, 11) is 1.85. The molecule has 1 atom stereocenters. The standard InChI is InChI=1S/C14H20N2O/c1-3-11-6-8-12(9-7-11)16(2)14(17)13-5-4-10-15-13/h6-9,13,15H,3-5,10H2,1-2H3/t13-/m1/s1. The van der Waals surface area contributed by atoms with Crippen LogP contribution in [0.1, 0.15) is 25.3 Å². The lowest BCUT2D eigenvalue weighted by atomic mass is 10.1. The molecule has 0 radical (unpaired) electrons. The third-order valence-corrected chi connectivity index (χ3v) is 3.42. The summed E-state index contributed by atoms with van der Waals surface area (Å²) in [4.78, 5) is 13.9. The summed E-state index contributed by atoms with van der Waals surface area (Å²) >= 11 is 0. The zero-order valence-electron chi connectivity index (χ0n) is 10.6. The summed E-state index contributed by atoms with van der Waals surface area (Å²) < 4.78 is 0. The topological polar surface area (TPSA) is 32.3 Å². The number of likely N-dealkylation sites (N-methyl/N-ethyl adjacent to an activating group) is 1. The molecule has 17 heavy (non-hydrogen) atoms. The van der Waals surface area contributed by atoms with Gasteiger partial charge in [0.25, 0.3) is 0 Å².